The number of carbonyl (C=O) groups excluding carboxylic acids is 1. The molecule has 0 saturated carbocycles. The fourth-order valence-electron chi connectivity index (χ4n) is 4.04. The third-order valence-corrected chi connectivity index (χ3v) is 6.69. The Labute approximate surface area is 196 Å². The first kappa shape index (κ1) is 22.7. The number of non-ortho nitro benzene ring substituents is 1. The van der Waals surface area contributed by atoms with Crippen molar-refractivity contribution in [2.75, 3.05) is 6.54 Å². The van der Waals surface area contributed by atoms with E-state index < -0.39 is 4.92 Å². The maximum Gasteiger partial charge on any atom is 0.269 e. The highest BCUT2D eigenvalue weighted by atomic mass is 32.2. The molecule has 1 fully saturated rings. The zero-order chi connectivity index (χ0) is 23.4. The summed E-state index contributed by atoms with van der Waals surface area (Å²) < 4.78 is 2.01. The first-order chi connectivity index (χ1) is 16.0. The Kier molecular flexibility index (Phi) is 6.88. The molecule has 1 aliphatic heterocycles. The lowest BCUT2D eigenvalue weighted by Gasteiger charge is -2.25. The van der Waals surface area contributed by atoms with Gasteiger partial charge in [-0.1, -0.05) is 47.7 Å². The van der Waals surface area contributed by atoms with Crippen molar-refractivity contribution in [1.29, 1.82) is 0 Å². The minimum absolute atomic E-state index is 0.00874. The molecule has 0 bridgehead atoms. The van der Waals surface area contributed by atoms with Gasteiger partial charge >= 0.3 is 0 Å². The molecule has 0 spiro atoms. The molecule has 9 heteroatoms. The predicted octanol–water partition coefficient (Wildman–Crippen LogP) is 4.95. The van der Waals surface area contributed by atoms with Gasteiger partial charge in [0.2, 0.25) is 0 Å². The smallest absolute Gasteiger partial charge is 0.269 e. The Bertz CT molecular complexity index is 1180. The van der Waals surface area contributed by atoms with Crippen LogP contribution in [0.3, 0.4) is 0 Å². The number of benzene rings is 2. The van der Waals surface area contributed by atoms with Gasteiger partial charge in [0.1, 0.15) is 0 Å². The molecule has 1 atom stereocenters. The molecule has 33 heavy (non-hydrogen) atoms. The summed E-state index contributed by atoms with van der Waals surface area (Å²) in [6.45, 7) is 7.07. The number of nitrogens with zero attached hydrogens (tertiary/aromatic N) is 5. The number of amides is 1. The Balaban J connectivity index is 1.54. The van der Waals surface area contributed by atoms with Crippen LogP contribution in [0, 0.1) is 17.0 Å². The highest BCUT2D eigenvalue weighted by Gasteiger charge is 2.34. The first-order valence-corrected chi connectivity index (χ1v) is 11.7. The molecular formula is C24H25N5O3S. The number of nitro benzene ring substituents is 1. The number of hydrogen-bond acceptors (Lipinski definition) is 6. The average molecular weight is 464 g/mol. The number of rotatable bonds is 8. The van der Waals surface area contributed by atoms with Crippen LogP contribution < -0.4 is 0 Å². The van der Waals surface area contributed by atoms with Gasteiger partial charge in [0.25, 0.3) is 11.6 Å². The molecule has 1 unspecified atom stereocenters. The van der Waals surface area contributed by atoms with E-state index in [1.165, 1.54) is 23.9 Å². The van der Waals surface area contributed by atoms with E-state index in [1.807, 2.05) is 40.7 Å². The van der Waals surface area contributed by atoms with Crippen molar-refractivity contribution >= 4 is 23.4 Å². The van der Waals surface area contributed by atoms with Crippen LogP contribution >= 0.6 is 11.8 Å². The third-order valence-electron chi connectivity index (χ3n) is 5.65. The van der Waals surface area contributed by atoms with E-state index in [0.29, 0.717) is 24.4 Å². The van der Waals surface area contributed by atoms with Crippen molar-refractivity contribution in [3.05, 3.63) is 93.8 Å². The van der Waals surface area contributed by atoms with Gasteiger partial charge in [-0.05, 0) is 37.5 Å². The summed E-state index contributed by atoms with van der Waals surface area (Å²) in [5, 5.41) is 20.5. The van der Waals surface area contributed by atoms with E-state index in [9.17, 15) is 14.9 Å². The van der Waals surface area contributed by atoms with Gasteiger partial charge in [-0.2, -0.15) is 0 Å². The Hall–Kier alpha value is -3.46. The first-order valence-electron chi connectivity index (χ1n) is 10.8. The molecule has 1 aliphatic rings. The van der Waals surface area contributed by atoms with Gasteiger partial charge in [-0.25, -0.2) is 0 Å². The van der Waals surface area contributed by atoms with Gasteiger partial charge in [0, 0.05) is 36.5 Å². The summed E-state index contributed by atoms with van der Waals surface area (Å²) in [4.78, 5) is 25.6. The van der Waals surface area contributed by atoms with Crippen LogP contribution in [-0.4, -0.2) is 37.0 Å². The van der Waals surface area contributed by atoms with Gasteiger partial charge in [-0.3, -0.25) is 14.9 Å². The van der Waals surface area contributed by atoms with Crippen molar-refractivity contribution in [3.63, 3.8) is 0 Å². The monoisotopic (exact) mass is 463 g/mol. The van der Waals surface area contributed by atoms with Crippen LogP contribution in [0.15, 0.2) is 66.3 Å². The molecule has 4 rings (SSSR count). The number of likely N-dealkylation sites (tertiary alicyclic amines) is 1. The van der Waals surface area contributed by atoms with Crippen LogP contribution in [0.25, 0.3) is 0 Å². The second kappa shape index (κ2) is 9.99. The van der Waals surface area contributed by atoms with Crippen LogP contribution in [0.5, 0.6) is 0 Å². The van der Waals surface area contributed by atoms with Gasteiger partial charge in [0.05, 0.1) is 11.0 Å². The highest BCUT2D eigenvalue weighted by Crippen LogP contribution is 2.34. The zero-order valence-electron chi connectivity index (χ0n) is 18.4. The van der Waals surface area contributed by atoms with E-state index >= 15 is 0 Å². The largest absolute Gasteiger partial charge is 0.328 e. The van der Waals surface area contributed by atoms with Crippen LogP contribution in [0.1, 0.15) is 46.2 Å². The fraction of sp³-hybridized carbons (Fsp3) is 0.292. The highest BCUT2D eigenvalue weighted by molar-refractivity contribution is 7.98. The topological polar surface area (TPSA) is 94.2 Å². The van der Waals surface area contributed by atoms with Crippen molar-refractivity contribution in [2.45, 2.75) is 43.3 Å². The molecule has 0 N–H and O–H groups in total. The number of aromatic nitrogens is 3. The quantitative estimate of drug-likeness (QED) is 0.203. The number of carbonyl (C=O) groups is 1. The normalized spacial score (nSPS) is 15.5. The summed E-state index contributed by atoms with van der Waals surface area (Å²) >= 11 is 1.51. The predicted molar refractivity (Wildman–Crippen MR) is 127 cm³/mol. The molecule has 8 nitrogen and oxygen atoms in total. The van der Waals surface area contributed by atoms with E-state index in [1.54, 1.807) is 18.2 Å². The molecule has 2 aromatic carbocycles. The second-order valence-corrected chi connectivity index (χ2v) is 8.92. The number of hydrogen-bond donors (Lipinski definition) is 0. The van der Waals surface area contributed by atoms with Crippen molar-refractivity contribution in [1.82, 2.24) is 19.7 Å². The summed E-state index contributed by atoms with van der Waals surface area (Å²) in [7, 11) is 0. The lowest BCUT2D eigenvalue weighted by Crippen LogP contribution is -2.32. The molecule has 1 amide bonds. The van der Waals surface area contributed by atoms with Gasteiger partial charge < -0.3 is 9.47 Å². The molecule has 1 aromatic heterocycles. The lowest BCUT2D eigenvalue weighted by molar-refractivity contribution is -0.384. The zero-order valence-corrected chi connectivity index (χ0v) is 19.2. The van der Waals surface area contributed by atoms with Crippen LogP contribution in [-0.2, 0) is 12.3 Å². The van der Waals surface area contributed by atoms with Crippen molar-refractivity contribution < 1.29 is 9.72 Å². The second-order valence-electron chi connectivity index (χ2n) is 7.98. The molecule has 2 heterocycles. The number of allylic oxidation sites excluding steroid dienone is 1. The van der Waals surface area contributed by atoms with Crippen LogP contribution in [0.2, 0.25) is 0 Å². The molecule has 170 valence electrons. The minimum atomic E-state index is -0.407. The standard InChI is InChI=1S/C24H25N5O3S/c1-3-13-28-22(21-8-5-14-27(21)23(30)19-7-4-6-17(2)15-19)25-26-24(28)33-16-18-9-11-20(12-10-18)29(31)32/h3-4,6-7,9-12,15,21H,1,5,8,13-14,16H2,2H3. The maximum atomic E-state index is 13.2. The molecule has 3 aromatic rings. The molecule has 1 saturated heterocycles. The number of thioether (sulfide) groups is 1. The Morgan fingerprint density at radius 1 is 1.27 bits per heavy atom. The summed E-state index contributed by atoms with van der Waals surface area (Å²) in [5.41, 5.74) is 2.76. The minimum Gasteiger partial charge on any atom is -0.328 e. The van der Waals surface area contributed by atoms with Gasteiger partial charge in [-0.15, -0.1) is 16.8 Å². The van der Waals surface area contributed by atoms with E-state index in [-0.39, 0.29) is 17.6 Å². The number of nitro groups is 1. The molecular weight excluding hydrogens is 438 g/mol. The Morgan fingerprint density at radius 2 is 2.06 bits per heavy atom. The molecule has 0 aliphatic carbocycles. The van der Waals surface area contributed by atoms with E-state index in [0.717, 1.165) is 34.9 Å². The van der Waals surface area contributed by atoms with Crippen molar-refractivity contribution in [2.24, 2.45) is 0 Å². The third kappa shape index (κ3) is 4.98. The fourth-order valence-corrected chi connectivity index (χ4v) is 4.95. The van der Waals surface area contributed by atoms with Gasteiger partial charge in [0.15, 0.2) is 11.0 Å². The van der Waals surface area contributed by atoms with Crippen molar-refractivity contribution in [3.8, 4) is 0 Å². The average Bonchev–Trinajstić information content (AvgIpc) is 3.44. The SMILES string of the molecule is C=CCn1c(SCc2ccc([N+](=O)[O-])cc2)nnc1C1CCCN1C(=O)c1cccc(C)c1. The number of aryl methyl sites for hydroxylation is 1. The molecule has 0 radical (unpaired) electrons. The summed E-state index contributed by atoms with van der Waals surface area (Å²) in [6, 6.07) is 14.0. The Morgan fingerprint density at radius 3 is 2.76 bits per heavy atom. The summed E-state index contributed by atoms with van der Waals surface area (Å²) in [6.07, 6.45) is 3.54. The van der Waals surface area contributed by atoms with E-state index in [2.05, 4.69) is 16.8 Å². The van der Waals surface area contributed by atoms with E-state index in [4.69, 9.17) is 0 Å². The maximum absolute atomic E-state index is 13.2. The lowest BCUT2D eigenvalue weighted by atomic mass is 10.1. The van der Waals surface area contributed by atoms with Crippen LogP contribution in [0.4, 0.5) is 5.69 Å². The summed E-state index contributed by atoms with van der Waals surface area (Å²) in [5.74, 6) is 1.37.